The van der Waals surface area contributed by atoms with E-state index in [0.29, 0.717) is 62.7 Å². The van der Waals surface area contributed by atoms with E-state index in [1.165, 1.54) is 26.0 Å². The third-order valence-electron chi connectivity index (χ3n) is 6.29. The van der Waals surface area contributed by atoms with Crippen LogP contribution >= 0.6 is 11.8 Å². The van der Waals surface area contributed by atoms with Gasteiger partial charge >= 0.3 is 24.1 Å². The van der Waals surface area contributed by atoms with Gasteiger partial charge in [-0.25, -0.2) is 19.2 Å². The largest absolute Gasteiger partial charge is 0.467 e. The highest BCUT2D eigenvalue weighted by molar-refractivity contribution is 7.99. The predicted octanol–water partition coefficient (Wildman–Crippen LogP) is 5.31. The van der Waals surface area contributed by atoms with Crippen LogP contribution in [0, 0.1) is 5.92 Å². The van der Waals surface area contributed by atoms with Crippen LogP contribution in [0.15, 0.2) is 5.16 Å². The first-order valence-corrected chi connectivity index (χ1v) is 17.4. The molecule has 274 valence electrons. The van der Waals surface area contributed by atoms with E-state index in [-0.39, 0.29) is 11.9 Å². The molecule has 2 atom stereocenters. The highest BCUT2D eigenvalue weighted by Crippen LogP contribution is 2.21. The lowest BCUT2D eigenvalue weighted by Crippen LogP contribution is -2.34. The van der Waals surface area contributed by atoms with Gasteiger partial charge < -0.3 is 40.2 Å². The number of alkyl carbamates (subject to hydrolysis) is 2. The number of hydrogen-bond acceptors (Lipinski definition) is 14. The van der Waals surface area contributed by atoms with E-state index >= 15 is 0 Å². The number of aromatic nitrogens is 3. The minimum atomic E-state index is -0.769. The molecule has 0 aromatic carbocycles. The standard InChI is InChI=1S/C32H57N7O8S/c1-21(2)17-20-48-28-38-26(35-22(24(40)44-9)15-11-13-18-33-29(42)46-31(3,4)5)37-27(39-28)36-23(25(41)45-10)16-12-14-19-34-30(43)47-32(6,7)8/h21-23H,11-20H2,1-10H3,(H,33,42)(H,34,43)(H2,35,36,37,38,39). The summed E-state index contributed by atoms with van der Waals surface area (Å²) in [6.45, 7) is 15.8. The molecule has 1 rings (SSSR count). The van der Waals surface area contributed by atoms with E-state index in [9.17, 15) is 19.2 Å². The lowest BCUT2D eigenvalue weighted by atomic mass is 10.1. The molecular weight excluding hydrogens is 642 g/mol. The number of anilines is 2. The molecule has 0 aliphatic heterocycles. The summed E-state index contributed by atoms with van der Waals surface area (Å²) in [7, 11) is 2.61. The van der Waals surface area contributed by atoms with Gasteiger partial charge in [-0.05, 0) is 92.4 Å². The third-order valence-corrected chi connectivity index (χ3v) is 7.18. The average Bonchev–Trinajstić information content (AvgIpc) is 2.96. The van der Waals surface area contributed by atoms with Crippen LogP contribution in [0.2, 0.25) is 0 Å². The van der Waals surface area contributed by atoms with Gasteiger partial charge in [0.2, 0.25) is 11.9 Å². The zero-order chi connectivity index (χ0) is 36.3. The Hall–Kier alpha value is -3.56. The molecule has 1 aromatic heterocycles. The summed E-state index contributed by atoms with van der Waals surface area (Å²) < 4.78 is 20.5. The molecule has 16 heteroatoms. The summed E-state index contributed by atoms with van der Waals surface area (Å²) >= 11 is 1.44. The van der Waals surface area contributed by atoms with E-state index in [1.807, 2.05) is 0 Å². The number of thioether (sulfide) groups is 1. The Kier molecular flexibility index (Phi) is 18.9. The molecule has 0 radical (unpaired) electrons. The summed E-state index contributed by atoms with van der Waals surface area (Å²) in [5.41, 5.74) is -1.18. The minimum Gasteiger partial charge on any atom is -0.467 e. The first-order chi connectivity index (χ1) is 22.4. The molecule has 1 aromatic rings. The molecular formula is C32H57N7O8S. The van der Waals surface area contributed by atoms with Gasteiger partial charge in [0.25, 0.3) is 0 Å². The van der Waals surface area contributed by atoms with Crippen molar-refractivity contribution in [1.82, 2.24) is 25.6 Å². The SMILES string of the molecule is COC(=O)C(CCCCNC(=O)OC(C)(C)C)Nc1nc(NC(CCCCNC(=O)OC(C)(C)C)C(=O)OC)nc(SCCC(C)C)n1. The Morgan fingerprint density at radius 2 is 1.08 bits per heavy atom. The van der Waals surface area contributed by atoms with Gasteiger partial charge in [-0.15, -0.1) is 0 Å². The van der Waals surface area contributed by atoms with Crippen molar-refractivity contribution in [1.29, 1.82) is 0 Å². The number of rotatable bonds is 20. The van der Waals surface area contributed by atoms with E-state index in [1.54, 1.807) is 41.5 Å². The Morgan fingerprint density at radius 1 is 0.667 bits per heavy atom. The molecule has 0 fully saturated rings. The van der Waals surface area contributed by atoms with Crippen LogP contribution in [0.5, 0.6) is 0 Å². The molecule has 15 nitrogen and oxygen atoms in total. The van der Waals surface area contributed by atoms with Crippen LogP contribution in [0.1, 0.15) is 100 Å². The fourth-order valence-electron chi connectivity index (χ4n) is 3.99. The molecule has 0 aliphatic rings. The fourth-order valence-corrected chi connectivity index (χ4v) is 5.06. The fraction of sp³-hybridized carbons (Fsp3) is 0.781. The maximum Gasteiger partial charge on any atom is 0.407 e. The lowest BCUT2D eigenvalue weighted by molar-refractivity contribution is -0.142. The summed E-state index contributed by atoms with van der Waals surface area (Å²) in [5.74, 6) is 0.546. The van der Waals surface area contributed by atoms with Crippen LogP contribution in [-0.4, -0.2) is 95.4 Å². The molecule has 0 saturated heterocycles. The number of nitrogens with zero attached hydrogens (tertiary/aromatic N) is 3. The molecule has 0 saturated carbocycles. The molecule has 1 heterocycles. The molecule has 0 bridgehead atoms. The number of unbranched alkanes of at least 4 members (excludes halogenated alkanes) is 2. The number of carbonyl (C=O) groups excluding carboxylic acids is 4. The van der Waals surface area contributed by atoms with Crippen molar-refractivity contribution in [2.45, 2.75) is 129 Å². The van der Waals surface area contributed by atoms with Crippen LogP contribution in [-0.2, 0) is 28.5 Å². The van der Waals surface area contributed by atoms with Crippen molar-refractivity contribution in [2.75, 3.05) is 43.7 Å². The number of esters is 2. The van der Waals surface area contributed by atoms with Crippen molar-refractivity contribution in [3.63, 3.8) is 0 Å². The zero-order valence-corrected chi connectivity index (χ0v) is 31.1. The van der Waals surface area contributed by atoms with Crippen LogP contribution in [0.25, 0.3) is 0 Å². The first-order valence-electron chi connectivity index (χ1n) is 16.4. The summed E-state index contributed by atoms with van der Waals surface area (Å²) in [4.78, 5) is 62.7. The third kappa shape index (κ3) is 20.0. The smallest absolute Gasteiger partial charge is 0.407 e. The van der Waals surface area contributed by atoms with Crippen molar-refractivity contribution in [2.24, 2.45) is 5.92 Å². The topological polar surface area (TPSA) is 192 Å². The maximum atomic E-state index is 12.7. The molecule has 0 aliphatic carbocycles. The second-order valence-electron chi connectivity index (χ2n) is 13.6. The van der Waals surface area contributed by atoms with Gasteiger partial charge in [-0.2, -0.15) is 15.0 Å². The number of amides is 2. The van der Waals surface area contributed by atoms with Crippen molar-refractivity contribution in [3.8, 4) is 0 Å². The second-order valence-corrected chi connectivity index (χ2v) is 14.6. The summed E-state index contributed by atoms with van der Waals surface area (Å²) in [6.07, 6.45) is 3.08. The van der Waals surface area contributed by atoms with Gasteiger partial charge in [0, 0.05) is 18.8 Å². The minimum absolute atomic E-state index is 0.145. The molecule has 2 unspecified atom stereocenters. The number of hydrogen-bond donors (Lipinski definition) is 4. The van der Waals surface area contributed by atoms with Gasteiger partial charge in [0.1, 0.15) is 23.3 Å². The monoisotopic (exact) mass is 699 g/mol. The highest BCUT2D eigenvalue weighted by Gasteiger charge is 2.24. The Balaban J connectivity index is 2.99. The van der Waals surface area contributed by atoms with Crippen molar-refractivity contribution < 1.29 is 38.1 Å². The lowest BCUT2D eigenvalue weighted by Gasteiger charge is -2.20. The first kappa shape index (κ1) is 42.5. The van der Waals surface area contributed by atoms with Gasteiger partial charge in [0.15, 0.2) is 5.16 Å². The maximum absolute atomic E-state index is 12.7. The van der Waals surface area contributed by atoms with E-state index in [0.717, 1.165) is 12.2 Å². The van der Waals surface area contributed by atoms with E-state index in [4.69, 9.17) is 18.9 Å². The Morgan fingerprint density at radius 3 is 1.44 bits per heavy atom. The van der Waals surface area contributed by atoms with Gasteiger partial charge in [-0.1, -0.05) is 25.6 Å². The van der Waals surface area contributed by atoms with Crippen molar-refractivity contribution >= 4 is 47.8 Å². The average molecular weight is 700 g/mol. The molecule has 0 spiro atoms. The van der Waals surface area contributed by atoms with Gasteiger partial charge in [0.05, 0.1) is 14.2 Å². The predicted molar refractivity (Wildman–Crippen MR) is 185 cm³/mol. The summed E-state index contributed by atoms with van der Waals surface area (Å²) in [6, 6.07) is -1.54. The van der Waals surface area contributed by atoms with Gasteiger partial charge in [-0.3, -0.25) is 0 Å². The van der Waals surface area contributed by atoms with Crippen LogP contribution < -0.4 is 21.3 Å². The van der Waals surface area contributed by atoms with Crippen molar-refractivity contribution in [3.05, 3.63) is 0 Å². The quantitative estimate of drug-likeness (QED) is 0.0593. The Labute approximate surface area is 289 Å². The highest BCUT2D eigenvalue weighted by atomic mass is 32.2. The normalized spacial score (nSPS) is 12.8. The number of carbonyl (C=O) groups is 4. The number of ether oxygens (including phenoxy) is 4. The molecule has 4 N–H and O–H groups in total. The zero-order valence-electron chi connectivity index (χ0n) is 30.3. The van der Waals surface area contributed by atoms with Crippen LogP contribution in [0.4, 0.5) is 21.5 Å². The van der Waals surface area contributed by atoms with E-state index in [2.05, 4.69) is 50.1 Å². The van der Waals surface area contributed by atoms with E-state index < -0.39 is 47.4 Å². The second kappa shape index (κ2) is 21.4. The Bertz CT molecular complexity index is 1080. The number of nitrogens with one attached hydrogen (secondary N) is 4. The van der Waals surface area contributed by atoms with Crippen LogP contribution in [0.3, 0.4) is 0 Å². The molecule has 2 amide bonds. The molecule has 48 heavy (non-hydrogen) atoms. The summed E-state index contributed by atoms with van der Waals surface area (Å²) in [5, 5.41) is 12.0. The number of methoxy groups -OCH3 is 2.